The fraction of sp³-hybridized carbons (Fsp3) is 0.405. The summed E-state index contributed by atoms with van der Waals surface area (Å²) in [5.41, 5.74) is 3.67. The number of benzene rings is 3. The molecule has 3 aromatic carbocycles. The Labute approximate surface area is 313 Å². The number of carbonyl (C=O) groups excluding carboxylic acids is 2. The van der Waals surface area contributed by atoms with Gasteiger partial charge in [-0.3, -0.25) is 14.5 Å². The van der Waals surface area contributed by atoms with Gasteiger partial charge < -0.3 is 20.4 Å². The molecule has 3 N–H and O–H groups in total. The van der Waals surface area contributed by atoms with Gasteiger partial charge in [0.2, 0.25) is 0 Å². The number of hydrogen-bond acceptors (Lipinski definition) is 7. The molecule has 6 rings (SSSR count). The van der Waals surface area contributed by atoms with E-state index in [2.05, 4.69) is 29.0 Å². The quantitative estimate of drug-likeness (QED) is 0.116. The van der Waals surface area contributed by atoms with Crippen molar-refractivity contribution in [2.75, 3.05) is 38.1 Å². The van der Waals surface area contributed by atoms with E-state index < -0.39 is 23.5 Å². The van der Waals surface area contributed by atoms with Gasteiger partial charge in [-0.2, -0.15) is 0 Å². The van der Waals surface area contributed by atoms with E-state index in [0.717, 1.165) is 85.6 Å². The molecule has 1 aromatic heterocycles. The van der Waals surface area contributed by atoms with Gasteiger partial charge in [0.15, 0.2) is 5.78 Å². The number of carboxylic acids is 1. The zero-order chi connectivity index (χ0) is 37.7. The number of nitrogens with one attached hydrogen (secondary N) is 1. The number of nitrogens with zero attached hydrogens (tertiary/aromatic N) is 2. The highest BCUT2D eigenvalue weighted by Crippen LogP contribution is 2.36. The third kappa shape index (κ3) is 9.27. The number of aliphatic hydroxyl groups excluding tert-OH is 1. The number of aryl methyl sites for hydroxylation is 2. The maximum absolute atomic E-state index is 15.2. The van der Waals surface area contributed by atoms with Crippen LogP contribution in [0.1, 0.15) is 96.2 Å². The number of ketones is 1. The number of rotatable bonds is 14. The van der Waals surface area contributed by atoms with Crippen molar-refractivity contribution in [3.05, 3.63) is 121 Å². The van der Waals surface area contributed by atoms with Gasteiger partial charge in [-0.15, -0.1) is 11.3 Å². The Bertz CT molecular complexity index is 1950. The van der Waals surface area contributed by atoms with Crippen LogP contribution in [-0.4, -0.2) is 76.0 Å². The number of Topliss-reactive ketones (excluding diaryl/α,β-unsaturated/α-hetero) is 1. The Morgan fingerprint density at radius 3 is 2.34 bits per heavy atom. The fourth-order valence-corrected chi connectivity index (χ4v) is 8.97. The van der Waals surface area contributed by atoms with Crippen LogP contribution in [0.4, 0.5) is 14.5 Å². The van der Waals surface area contributed by atoms with E-state index in [-0.39, 0.29) is 47.6 Å². The fourth-order valence-electron chi connectivity index (χ4n) is 7.58. The number of halogens is 2. The lowest BCUT2D eigenvalue weighted by molar-refractivity contribution is 0.0118. The van der Waals surface area contributed by atoms with Crippen LogP contribution in [0.3, 0.4) is 0 Å². The number of hydrogen-bond donors (Lipinski definition) is 3. The second kappa shape index (κ2) is 16.8. The maximum atomic E-state index is 15.2. The van der Waals surface area contributed by atoms with Crippen LogP contribution in [0, 0.1) is 11.6 Å². The number of carbonyl (C=O) groups is 3. The van der Waals surface area contributed by atoms with Crippen LogP contribution >= 0.6 is 11.3 Å². The van der Waals surface area contributed by atoms with E-state index in [0.29, 0.717) is 35.4 Å². The Kier molecular flexibility index (Phi) is 12.2. The van der Waals surface area contributed by atoms with Gasteiger partial charge in [-0.05, 0) is 106 Å². The maximum Gasteiger partial charge on any atom is 0.335 e. The topological polar surface area (TPSA) is 110 Å². The van der Waals surface area contributed by atoms with E-state index >= 15 is 8.78 Å². The molecular formula is C42H47F2N3O5S. The molecule has 2 heterocycles. The van der Waals surface area contributed by atoms with Crippen LogP contribution in [0.25, 0.3) is 0 Å². The minimum atomic E-state index is -1.05. The summed E-state index contributed by atoms with van der Waals surface area (Å²) in [6.45, 7) is 8.92. The normalized spacial score (nSPS) is 15.9. The average Bonchev–Trinajstić information content (AvgIpc) is 3.49. The lowest BCUT2D eigenvalue weighted by Crippen LogP contribution is -2.58. The highest BCUT2D eigenvalue weighted by Gasteiger charge is 2.33. The summed E-state index contributed by atoms with van der Waals surface area (Å²) in [6, 6.07) is 16.1. The Morgan fingerprint density at radius 2 is 1.64 bits per heavy atom. The summed E-state index contributed by atoms with van der Waals surface area (Å²) in [4.78, 5) is 45.4. The van der Waals surface area contributed by atoms with Gasteiger partial charge >= 0.3 is 5.97 Å². The molecule has 0 saturated carbocycles. The van der Waals surface area contributed by atoms with Crippen molar-refractivity contribution in [3.63, 3.8) is 0 Å². The largest absolute Gasteiger partial charge is 0.478 e. The van der Waals surface area contributed by atoms with Crippen molar-refractivity contribution in [1.29, 1.82) is 0 Å². The second-order valence-electron chi connectivity index (χ2n) is 14.8. The number of piperazine rings is 1. The molecule has 0 spiro atoms. The van der Waals surface area contributed by atoms with Gasteiger partial charge in [0, 0.05) is 77.9 Å². The van der Waals surface area contributed by atoms with E-state index in [9.17, 15) is 19.5 Å². The standard InChI is InChI=1S/C42H47F2N3O5S/c1-42(2)26-46(17-6-20-48)18-19-47(42)25-28-7-5-8-30(21-28)36(49)24-38-39(33-9-3-4-10-37(33)53-38)40(50)45-31-22-34(43)32(35(44)23-31)16-13-27-11-14-29(15-12-27)41(51)52/h5,7-8,11-12,14-15,21-23,48H,3-4,6,9-10,13,16-20,24-26H2,1-2H3,(H,45,50)(H,51,52). The number of fused-ring (bicyclic) bond motifs is 1. The first-order valence-corrected chi connectivity index (χ1v) is 19.2. The first-order valence-electron chi connectivity index (χ1n) is 18.4. The van der Waals surface area contributed by atoms with Gasteiger partial charge in [0.25, 0.3) is 5.91 Å². The molecule has 1 fully saturated rings. The number of aliphatic hydroxyl groups is 1. The Morgan fingerprint density at radius 1 is 0.906 bits per heavy atom. The summed E-state index contributed by atoms with van der Waals surface area (Å²) in [7, 11) is 0. The molecule has 280 valence electrons. The zero-order valence-corrected chi connectivity index (χ0v) is 31.2. The molecular weight excluding hydrogens is 697 g/mol. The van der Waals surface area contributed by atoms with E-state index in [4.69, 9.17) is 5.11 Å². The molecule has 1 amide bonds. The Balaban J connectivity index is 1.15. The van der Waals surface area contributed by atoms with Crippen LogP contribution in [-0.2, 0) is 38.6 Å². The third-order valence-electron chi connectivity index (χ3n) is 10.5. The molecule has 1 aliphatic heterocycles. The molecule has 1 aliphatic carbocycles. The summed E-state index contributed by atoms with van der Waals surface area (Å²) >= 11 is 1.49. The second-order valence-corrected chi connectivity index (χ2v) is 16.0. The molecule has 8 nitrogen and oxygen atoms in total. The van der Waals surface area contributed by atoms with E-state index in [1.165, 1.54) is 23.5 Å². The molecule has 4 aromatic rings. The summed E-state index contributed by atoms with van der Waals surface area (Å²) in [5, 5.41) is 21.1. The van der Waals surface area contributed by atoms with Crippen LogP contribution in [0.2, 0.25) is 0 Å². The highest BCUT2D eigenvalue weighted by atomic mass is 32.1. The number of anilines is 1. The van der Waals surface area contributed by atoms with Crippen molar-refractivity contribution < 1.29 is 33.4 Å². The predicted molar refractivity (Wildman–Crippen MR) is 203 cm³/mol. The average molecular weight is 744 g/mol. The lowest BCUT2D eigenvalue weighted by atomic mass is 9.93. The van der Waals surface area contributed by atoms with Crippen molar-refractivity contribution in [1.82, 2.24) is 9.80 Å². The van der Waals surface area contributed by atoms with Crippen molar-refractivity contribution in [2.45, 2.75) is 77.3 Å². The Hall–Kier alpha value is -4.29. The molecule has 1 saturated heterocycles. The van der Waals surface area contributed by atoms with Gasteiger partial charge in [-0.1, -0.05) is 30.3 Å². The molecule has 0 bridgehead atoms. The van der Waals surface area contributed by atoms with Crippen LogP contribution in [0.15, 0.2) is 60.7 Å². The minimum absolute atomic E-state index is 0.00236. The van der Waals surface area contributed by atoms with Gasteiger partial charge in [0.1, 0.15) is 11.6 Å². The van der Waals surface area contributed by atoms with E-state index in [1.54, 1.807) is 12.1 Å². The number of carboxylic acid groups (broad SMARTS) is 1. The van der Waals surface area contributed by atoms with Crippen LogP contribution in [0.5, 0.6) is 0 Å². The number of thiophene rings is 1. The monoisotopic (exact) mass is 743 g/mol. The molecule has 0 radical (unpaired) electrons. The minimum Gasteiger partial charge on any atom is -0.478 e. The molecule has 0 unspecified atom stereocenters. The first-order chi connectivity index (χ1) is 25.4. The predicted octanol–water partition coefficient (Wildman–Crippen LogP) is 7.34. The summed E-state index contributed by atoms with van der Waals surface area (Å²) in [6.07, 6.45) is 4.62. The van der Waals surface area contributed by atoms with E-state index in [1.807, 2.05) is 24.3 Å². The third-order valence-corrected chi connectivity index (χ3v) is 11.8. The van der Waals surface area contributed by atoms with Crippen molar-refractivity contribution in [3.8, 4) is 0 Å². The smallest absolute Gasteiger partial charge is 0.335 e. The summed E-state index contributed by atoms with van der Waals surface area (Å²) in [5.74, 6) is -3.18. The van der Waals surface area contributed by atoms with Crippen LogP contribution < -0.4 is 5.32 Å². The van der Waals surface area contributed by atoms with Crippen molar-refractivity contribution in [2.24, 2.45) is 0 Å². The van der Waals surface area contributed by atoms with Gasteiger partial charge in [-0.25, -0.2) is 13.6 Å². The first kappa shape index (κ1) is 38.4. The molecule has 11 heteroatoms. The lowest BCUT2D eigenvalue weighted by Gasteiger charge is -2.47. The molecule has 53 heavy (non-hydrogen) atoms. The van der Waals surface area contributed by atoms with Crippen molar-refractivity contribution >= 4 is 34.7 Å². The number of amides is 1. The molecule has 0 atom stereocenters. The zero-order valence-electron chi connectivity index (χ0n) is 30.4. The summed E-state index contributed by atoms with van der Waals surface area (Å²) < 4.78 is 30.5. The number of aromatic carboxylic acids is 1. The molecule has 2 aliphatic rings. The SMILES string of the molecule is CC1(C)CN(CCCO)CCN1Cc1cccc(C(=O)Cc2sc3c(c2C(=O)Nc2cc(F)c(CCc4ccc(C(=O)O)cc4)c(F)c2)CCCC3)c1. The highest BCUT2D eigenvalue weighted by molar-refractivity contribution is 7.12. The van der Waals surface area contributed by atoms with Gasteiger partial charge in [0.05, 0.1) is 11.1 Å².